The highest BCUT2D eigenvalue weighted by Gasteiger charge is 2.31. The van der Waals surface area contributed by atoms with E-state index in [1.54, 1.807) is 21.3 Å². The number of carbonyl (C=O) groups is 1. The monoisotopic (exact) mass is 485 g/mol. The van der Waals surface area contributed by atoms with Gasteiger partial charge in [-0.3, -0.25) is 10.1 Å². The van der Waals surface area contributed by atoms with E-state index in [9.17, 15) is 4.79 Å². The summed E-state index contributed by atoms with van der Waals surface area (Å²) in [6.07, 6.45) is 0.908. The van der Waals surface area contributed by atoms with Crippen LogP contribution in [0, 0.1) is 13.8 Å². The molecular weight excluding hydrogens is 458 g/mol. The number of Topliss-reactive ketones (excluding diaryl/α,β-unsaturated/α-hetero) is 1. The summed E-state index contributed by atoms with van der Waals surface area (Å²) >= 11 is 0. The molecule has 0 radical (unpaired) electrons. The molecule has 1 unspecified atom stereocenters. The number of hydrogen-bond donors (Lipinski definition) is 1. The third-order valence-electron chi connectivity index (χ3n) is 6.49. The van der Waals surface area contributed by atoms with E-state index in [4.69, 9.17) is 19.2 Å². The topological polar surface area (TPSA) is 108 Å². The number of methoxy groups -OCH3 is 3. The molecule has 0 aliphatic heterocycles. The average molecular weight is 486 g/mol. The van der Waals surface area contributed by atoms with Gasteiger partial charge in [-0.05, 0) is 49.9 Å². The summed E-state index contributed by atoms with van der Waals surface area (Å²) in [5.41, 5.74) is 4.52. The molecule has 2 aromatic heterocycles. The molecule has 0 spiro atoms. The molecule has 1 atom stereocenters. The molecule has 4 aromatic rings. The molecule has 2 aromatic carbocycles. The average Bonchev–Trinajstić information content (AvgIpc) is 2.87. The molecule has 36 heavy (non-hydrogen) atoms. The van der Waals surface area contributed by atoms with Crippen LogP contribution in [-0.2, 0) is 6.42 Å². The summed E-state index contributed by atoms with van der Waals surface area (Å²) in [6.45, 7) is 3.77. The fourth-order valence-corrected chi connectivity index (χ4v) is 4.79. The fourth-order valence-electron chi connectivity index (χ4n) is 4.79. The third kappa shape index (κ3) is 4.17. The lowest BCUT2D eigenvalue weighted by molar-refractivity contribution is 0.0962. The Kier molecular flexibility index (Phi) is 6.13. The molecule has 184 valence electrons. The minimum Gasteiger partial charge on any atom is -0.493 e. The number of nitrogens with one attached hydrogen (secondary N) is 1. The highest BCUT2D eigenvalue weighted by molar-refractivity contribution is 6.00. The van der Waals surface area contributed by atoms with Crippen molar-refractivity contribution in [1.82, 2.24) is 19.9 Å². The van der Waals surface area contributed by atoms with Crippen molar-refractivity contribution in [3.63, 3.8) is 0 Å². The lowest BCUT2D eigenvalue weighted by Gasteiger charge is -2.25. The smallest absolute Gasteiger partial charge is 0.230 e. The first kappa shape index (κ1) is 23.5. The Morgan fingerprint density at radius 3 is 2.19 bits per heavy atom. The second-order valence-corrected chi connectivity index (χ2v) is 8.72. The zero-order valence-electron chi connectivity index (χ0n) is 20.9. The molecule has 9 heteroatoms. The second-order valence-electron chi connectivity index (χ2n) is 8.72. The lowest BCUT2D eigenvalue weighted by atomic mass is 9.81. The van der Waals surface area contributed by atoms with Gasteiger partial charge in [0.25, 0.3) is 0 Å². The van der Waals surface area contributed by atoms with Gasteiger partial charge in [0.05, 0.1) is 49.5 Å². The SMILES string of the molecule is COc1cc(C2CC(=O)c3c(C)nc(Nc4nc(C)c5ccccc5n4)nc3C2)cc(OC)c1OC. The van der Waals surface area contributed by atoms with E-state index in [0.29, 0.717) is 58.9 Å². The molecule has 1 aliphatic carbocycles. The molecule has 1 aliphatic rings. The van der Waals surface area contributed by atoms with Crippen LogP contribution in [0.4, 0.5) is 11.9 Å². The minimum atomic E-state index is -0.0972. The van der Waals surface area contributed by atoms with Gasteiger partial charge in [-0.25, -0.2) is 19.9 Å². The first-order valence-corrected chi connectivity index (χ1v) is 11.6. The van der Waals surface area contributed by atoms with E-state index >= 15 is 0 Å². The number of aromatic nitrogens is 4. The zero-order chi connectivity index (χ0) is 25.4. The predicted molar refractivity (Wildman–Crippen MR) is 136 cm³/mol. The van der Waals surface area contributed by atoms with Crippen LogP contribution in [0.5, 0.6) is 17.2 Å². The second kappa shape index (κ2) is 9.41. The number of ketones is 1. The van der Waals surface area contributed by atoms with Crippen molar-refractivity contribution in [2.75, 3.05) is 26.6 Å². The maximum Gasteiger partial charge on any atom is 0.230 e. The van der Waals surface area contributed by atoms with Gasteiger partial charge < -0.3 is 14.2 Å². The fraction of sp³-hybridized carbons (Fsp3) is 0.296. The first-order valence-electron chi connectivity index (χ1n) is 11.6. The number of aryl methyl sites for hydroxylation is 2. The molecule has 0 fully saturated rings. The Morgan fingerprint density at radius 2 is 1.50 bits per heavy atom. The van der Waals surface area contributed by atoms with Gasteiger partial charge in [0.2, 0.25) is 17.6 Å². The van der Waals surface area contributed by atoms with Crippen LogP contribution in [-0.4, -0.2) is 47.0 Å². The number of hydrogen-bond acceptors (Lipinski definition) is 9. The summed E-state index contributed by atoms with van der Waals surface area (Å²) in [6, 6.07) is 11.6. The van der Waals surface area contributed by atoms with Crippen LogP contribution in [0.1, 0.15) is 45.3 Å². The predicted octanol–water partition coefficient (Wildman–Crippen LogP) is 4.72. The van der Waals surface area contributed by atoms with E-state index in [1.165, 1.54) is 0 Å². The molecule has 0 saturated heterocycles. The maximum absolute atomic E-state index is 13.2. The maximum atomic E-state index is 13.2. The lowest BCUT2D eigenvalue weighted by Crippen LogP contribution is -2.23. The van der Waals surface area contributed by atoms with Crippen LogP contribution in [0.3, 0.4) is 0 Å². The van der Waals surface area contributed by atoms with Crippen molar-refractivity contribution in [2.24, 2.45) is 0 Å². The van der Waals surface area contributed by atoms with Gasteiger partial charge in [0.1, 0.15) is 0 Å². The number of para-hydroxylation sites is 1. The number of benzene rings is 2. The van der Waals surface area contributed by atoms with E-state index in [2.05, 4.69) is 20.3 Å². The molecule has 2 heterocycles. The molecule has 0 amide bonds. The van der Waals surface area contributed by atoms with E-state index in [-0.39, 0.29) is 11.7 Å². The Labute approximate surface area is 208 Å². The van der Waals surface area contributed by atoms with Crippen molar-refractivity contribution >= 4 is 28.6 Å². The number of anilines is 2. The Morgan fingerprint density at radius 1 is 0.833 bits per heavy atom. The quantitative estimate of drug-likeness (QED) is 0.415. The van der Waals surface area contributed by atoms with Crippen LogP contribution in [0.15, 0.2) is 36.4 Å². The Balaban J connectivity index is 1.49. The molecular formula is C27H27N5O4. The zero-order valence-corrected chi connectivity index (χ0v) is 20.9. The molecule has 0 bridgehead atoms. The summed E-state index contributed by atoms with van der Waals surface area (Å²) in [5, 5.41) is 4.13. The van der Waals surface area contributed by atoms with Crippen LogP contribution >= 0.6 is 0 Å². The number of nitrogens with zero attached hydrogens (tertiary/aromatic N) is 4. The number of fused-ring (bicyclic) bond motifs is 2. The standard InChI is InChI=1S/C27H27N5O4/c1-14-18-8-6-7-9-19(18)30-26(28-14)32-27-29-15(2)24-20(31-27)10-16(11-21(24)33)17-12-22(34-3)25(36-5)23(13-17)35-4/h6-9,12-13,16H,10-11H2,1-5H3,(H,28,29,30,31,32). The van der Waals surface area contributed by atoms with Crippen LogP contribution in [0.2, 0.25) is 0 Å². The van der Waals surface area contributed by atoms with Crippen molar-refractivity contribution in [3.05, 3.63) is 64.6 Å². The highest BCUT2D eigenvalue weighted by Crippen LogP contribution is 2.43. The van der Waals surface area contributed by atoms with Crippen molar-refractivity contribution in [3.8, 4) is 17.2 Å². The van der Waals surface area contributed by atoms with Crippen LogP contribution in [0.25, 0.3) is 10.9 Å². The molecule has 1 N–H and O–H groups in total. The van der Waals surface area contributed by atoms with E-state index in [0.717, 1.165) is 22.2 Å². The van der Waals surface area contributed by atoms with Crippen molar-refractivity contribution in [1.29, 1.82) is 0 Å². The summed E-state index contributed by atoms with van der Waals surface area (Å²) in [5.74, 6) is 2.30. The summed E-state index contributed by atoms with van der Waals surface area (Å²) in [4.78, 5) is 31.6. The third-order valence-corrected chi connectivity index (χ3v) is 6.49. The molecule has 0 saturated carbocycles. The normalized spacial score (nSPS) is 14.9. The van der Waals surface area contributed by atoms with Crippen molar-refractivity contribution in [2.45, 2.75) is 32.6 Å². The first-order chi connectivity index (χ1) is 17.4. The molecule has 5 rings (SSSR count). The van der Waals surface area contributed by atoms with E-state index < -0.39 is 0 Å². The number of rotatable bonds is 6. The Hall–Kier alpha value is -4.27. The Bertz CT molecular complexity index is 1460. The van der Waals surface area contributed by atoms with Gasteiger partial charge in [-0.2, -0.15) is 0 Å². The van der Waals surface area contributed by atoms with Gasteiger partial charge in [-0.15, -0.1) is 0 Å². The van der Waals surface area contributed by atoms with Crippen molar-refractivity contribution < 1.29 is 19.0 Å². The van der Waals surface area contributed by atoms with Gasteiger partial charge in [0.15, 0.2) is 17.3 Å². The van der Waals surface area contributed by atoms with Gasteiger partial charge in [-0.1, -0.05) is 18.2 Å². The van der Waals surface area contributed by atoms with Gasteiger partial charge in [0, 0.05) is 11.8 Å². The van der Waals surface area contributed by atoms with Gasteiger partial charge >= 0.3 is 0 Å². The molecule has 9 nitrogen and oxygen atoms in total. The number of carbonyl (C=O) groups excluding carboxylic acids is 1. The number of ether oxygens (including phenoxy) is 3. The summed E-state index contributed by atoms with van der Waals surface area (Å²) in [7, 11) is 4.72. The highest BCUT2D eigenvalue weighted by atomic mass is 16.5. The van der Waals surface area contributed by atoms with E-state index in [1.807, 2.05) is 50.2 Å². The minimum absolute atomic E-state index is 0.0110. The largest absolute Gasteiger partial charge is 0.493 e. The summed E-state index contributed by atoms with van der Waals surface area (Å²) < 4.78 is 16.5. The van der Waals surface area contributed by atoms with Crippen LogP contribution < -0.4 is 19.5 Å².